The Balaban J connectivity index is 2.04. The summed E-state index contributed by atoms with van der Waals surface area (Å²) in [7, 11) is 0. The van der Waals surface area contributed by atoms with E-state index in [4.69, 9.17) is 10.5 Å². The van der Waals surface area contributed by atoms with E-state index in [1.165, 1.54) is 5.56 Å². The molecule has 0 spiro atoms. The van der Waals surface area contributed by atoms with Crippen molar-refractivity contribution in [2.45, 2.75) is 64.0 Å². The predicted octanol–water partition coefficient (Wildman–Crippen LogP) is 3.80. The van der Waals surface area contributed by atoms with Crippen LogP contribution in [0.3, 0.4) is 0 Å². The maximum absolute atomic E-state index is 11.7. The fourth-order valence-corrected chi connectivity index (χ4v) is 2.44. The van der Waals surface area contributed by atoms with Gasteiger partial charge in [-0.1, -0.05) is 26.0 Å². The van der Waals surface area contributed by atoms with Crippen LogP contribution in [0.25, 0.3) is 0 Å². The second kappa shape index (κ2) is 5.02. The van der Waals surface area contributed by atoms with Gasteiger partial charge in [0, 0.05) is 16.6 Å². The summed E-state index contributed by atoms with van der Waals surface area (Å²) < 4.78 is 5.23. The molecule has 0 atom stereocenters. The predicted molar refractivity (Wildman–Crippen MR) is 85.5 cm³/mol. The van der Waals surface area contributed by atoms with Crippen LogP contribution in [-0.4, -0.2) is 17.2 Å². The SMILES string of the molecule is CC(C)(C)OC(=O)Nc1ccc(C(C)(C)C2(N)CC2)cc1. The normalized spacial score (nSPS) is 17.2. The van der Waals surface area contributed by atoms with Crippen molar-refractivity contribution < 1.29 is 9.53 Å². The standard InChI is InChI=1S/C17H26N2O2/c1-15(2,3)21-14(20)19-13-8-6-12(7-9-13)16(4,5)17(18)10-11-17/h6-9H,10-11,18H2,1-5H3,(H,19,20). The summed E-state index contributed by atoms with van der Waals surface area (Å²) >= 11 is 0. The van der Waals surface area contributed by atoms with Gasteiger partial charge in [0.15, 0.2) is 0 Å². The second-order valence-corrected chi connectivity index (χ2v) is 7.49. The Bertz CT molecular complexity index is 523. The van der Waals surface area contributed by atoms with E-state index >= 15 is 0 Å². The molecule has 0 bridgehead atoms. The summed E-state index contributed by atoms with van der Waals surface area (Å²) in [5.74, 6) is 0. The largest absolute Gasteiger partial charge is 0.444 e. The highest BCUT2D eigenvalue weighted by Gasteiger charge is 2.51. The fourth-order valence-electron chi connectivity index (χ4n) is 2.44. The minimum absolute atomic E-state index is 0.0581. The molecule has 1 amide bonds. The molecule has 0 saturated heterocycles. The molecule has 1 aromatic carbocycles. The number of nitrogens with one attached hydrogen (secondary N) is 1. The van der Waals surface area contributed by atoms with E-state index in [0.29, 0.717) is 0 Å². The van der Waals surface area contributed by atoms with Crippen molar-refractivity contribution >= 4 is 11.8 Å². The van der Waals surface area contributed by atoms with E-state index < -0.39 is 11.7 Å². The van der Waals surface area contributed by atoms with Crippen LogP contribution in [0.1, 0.15) is 53.0 Å². The Morgan fingerprint density at radius 3 is 2.10 bits per heavy atom. The van der Waals surface area contributed by atoms with Crippen molar-refractivity contribution in [1.29, 1.82) is 0 Å². The van der Waals surface area contributed by atoms with Gasteiger partial charge in [-0.3, -0.25) is 5.32 Å². The molecule has 1 aromatic rings. The molecule has 1 aliphatic rings. The number of benzene rings is 1. The number of anilines is 1. The first kappa shape index (κ1) is 15.8. The molecule has 4 nitrogen and oxygen atoms in total. The number of hydrogen-bond acceptors (Lipinski definition) is 3. The molecule has 1 fully saturated rings. The maximum atomic E-state index is 11.7. The summed E-state index contributed by atoms with van der Waals surface area (Å²) in [4.78, 5) is 11.7. The Morgan fingerprint density at radius 1 is 1.14 bits per heavy atom. The lowest BCUT2D eigenvalue weighted by Gasteiger charge is -2.32. The zero-order valence-corrected chi connectivity index (χ0v) is 13.6. The van der Waals surface area contributed by atoms with Gasteiger partial charge in [-0.15, -0.1) is 0 Å². The molecular formula is C17H26N2O2. The average Bonchev–Trinajstić information content (AvgIpc) is 3.07. The minimum atomic E-state index is -0.496. The number of amides is 1. The van der Waals surface area contributed by atoms with E-state index in [2.05, 4.69) is 19.2 Å². The van der Waals surface area contributed by atoms with E-state index in [-0.39, 0.29) is 11.0 Å². The van der Waals surface area contributed by atoms with Gasteiger partial charge in [0.1, 0.15) is 5.60 Å². The van der Waals surface area contributed by atoms with E-state index in [1.807, 2.05) is 45.0 Å². The van der Waals surface area contributed by atoms with E-state index in [1.54, 1.807) is 0 Å². The molecule has 3 N–H and O–H groups in total. The number of hydrogen-bond donors (Lipinski definition) is 2. The van der Waals surface area contributed by atoms with Crippen LogP contribution < -0.4 is 11.1 Å². The summed E-state index contributed by atoms with van der Waals surface area (Å²) in [6, 6.07) is 7.85. The Kier molecular flexibility index (Phi) is 3.79. The first-order valence-electron chi connectivity index (χ1n) is 7.43. The van der Waals surface area contributed by atoms with Crippen LogP contribution in [0.15, 0.2) is 24.3 Å². The van der Waals surface area contributed by atoms with Gasteiger partial charge in [0.05, 0.1) is 0 Å². The fraction of sp³-hybridized carbons (Fsp3) is 0.588. The monoisotopic (exact) mass is 290 g/mol. The molecule has 2 rings (SSSR count). The molecule has 1 saturated carbocycles. The molecule has 0 heterocycles. The van der Waals surface area contributed by atoms with E-state index in [9.17, 15) is 4.79 Å². The topological polar surface area (TPSA) is 64.3 Å². The molecule has 4 heteroatoms. The smallest absolute Gasteiger partial charge is 0.412 e. The third-order valence-electron chi connectivity index (χ3n) is 4.29. The van der Waals surface area contributed by atoms with Gasteiger partial charge in [-0.2, -0.15) is 0 Å². The molecule has 0 radical (unpaired) electrons. The van der Waals surface area contributed by atoms with Gasteiger partial charge in [0.25, 0.3) is 0 Å². The van der Waals surface area contributed by atoms with Crippen molar-refractivity contribution in [3.63, 3.8) is 0 Å². The molecule has 1 aliphatic carbocycles. The molecule has 116 valence electrons. The van der Waals surface area contributed by atoms with Crippen molar-refractivity contribution in [3.8, 4) is 0 Å². The van der Waals surface area contributed by atoms with Crippen LogP contribution in [0.5, 0.6) is 0 Å². The first-order valence-corrected chi connectivity index (χ1v) is 7.43. The third kappa shape index (κ3) is 3.56. The molecule has 0 unspecified atom stereocenters. The summed E-state index contributed by atoms with van der Waals surface area (Å²) in [5, 5.41) is 2.74. The van der Waals surface area contributed by atoms with Crippen molar-refractivity contribution in [1.82, 2.24) is 0 Å². The van der Waals surface area contributed by atoms with Gasteiger partial charge in [0.2, 0.25) is 0 Å². The molecule has 0 aromatic heterocycles. The van der Waals surface area contributed by atoms with Crippen LogP contribution in [0, 0.1) is 0 Å². The third-order valence-corrected chi connectivity index (χ3v) is 4.29. The summed E-state index contributed by atoms with van der Waals surface area (Å²) in [5.41, 5.74) is 7.63. The van der Waals surface area contributed by atoms with E-state index in [0.717, 1.165) is 18.5 Å². The number of ether oxygens (including phenoxy) is 1. The van der Waals surface area contributed by atoms with Crippen LogP contribution in [-0.2, 0) is 10.2 Å². The Labute approximate surface area is 127 Å². The first-order chi connectivity index (χ1) is 9.53. The number of carbonyl (C=O) groups is 1. The Morgan fingerprint density at radius 2 is 1.67 bits per heavy atom. The van der Waals surface area contributed by atoms with Gasteiger partial charge in [-0.25, -0.2) is 4.79 Å². The maximum Gasteiger partial charge on any atom is 0.412 e. The molecule has 0 aliphatic heterocycles. The van der Waals surface area contributed by atoms with Crippen LogP contribution >= 0.6 is 0 Å². The van der Waals surface area contributed by atoms with Gasteiger partial charge >= 0.3 is 6.09 Å². The highest BCUT2D eigenvalue weighted by molar-refractivity contribution is 5.84. The van der Waals surface area contributed by atoms with Crippen molar-refractivity contribution in [2.75, 3.05) is 5.32 Å². The van der Waals surface area contributed by atoms with Gasteiger partial charge < -0.3 is 10.5 Å². The van der Waals surface area contributed by atoms with Crippen molar-refractivity contribution in [2.24, 2.45) is 5.73 Å². The number of rotatable bonds is 3. The quantitative estimate of drug-likeness (QED) is 0.890. The second-order valence-electron chi connectivity index (χ2n) is 7.49. The average molecular weight is 290 g/mol. The molecule has 21 heavy (non-hydrogen) atoms. The minimum Gasteiger partial charge on any atom is -0.444 e. The molecular weight excluding hydrogens is 264 g/mol. The lowest BCUT2D eigenvalue weighted by Crippen LogP contribution is -2.43. The highest BCUT2D eigenvalue weighted by Crippen LogP contribution is 2.49. The Hall–Kier alpha value is -1.55. The zero-order valence-electron chi connectivity index (χ0n) is 13.6. The number of carbonyl (C=O) groups excluding carboxylic acids is 1. The highest BCUT2D eigenvalue weighted by atomic mass is 16.6. The summed E-state index contributed by atoms with van der Waals surface area (Å²) in [6.07, 6.45) is 1.70. The zero-order chi connectivity index (χ0) is 15.9. The lowest BCUT2D eigenvalue weighted by molar-refractivity contribution is 0.0636. The van der Waals surface area contributed by atoms with Crippen LogP contribution in [0.2, 0.25) is 0 Å². The van der Waals surface area contributed by atoms with Crippen LogP contribution in [0.4, 0.5) is 10.5 Å². The van der Waals surface area contributed by atoms with Crippen molar-refractivity contribution in [3.05, 3.63) is 29.8 Å². The summed E-state index contributed by atoms with van der Waals surface area (Å²) in [6.45, 7) is 9.88. The number of nitrogens with two attached hydrogens (primary N) is 1. The van der Waals surface area contributed by atoms with Gasteiger partial charge in [-0.05, 0) is 51.3 Å². The lowest BCUT2D eigenvalue weighted by atomic mass is 9.76.